The van der Waals surface area contributed by atoms with E-state index < -0.39 is 42.4 Å². The summed E-state index contributed by atoms with van der Waals surface area (Å²) in [5, 5.41) is 1.37. The van der Waals surface area contributed by atoms with Crippen molar-refractivity contribution in [3.05, 3.63) is 64.8 Å². The van der Waals surface area contributed by atoms with Gasteiger partial charge < -0.3 is 28.3 Å². The fourth-order valence-corrected chi connectivity index (χ4v) is 4.91. The first-order valence-electron chi connectivity index (χ1n) is 11.7. The minimum Gasteiger partial charge on any atom is -0.497 e. The summed E-state index contributed by atoms with van der Waals surface area (Å²) in [4.78, 5) is 35.7. The number of hydrogen-bond donors (Lipinski definition) is 0. The van der Waals surface area contributed by atoms with Gasteiger partial charge in [0.05, 0.1) is 24.3 Å². The Morgan fingerprint density at radius 1 is 0.946 bits per heavy atom. The van der Waals surface area contributed by atoms with Gasteiger partial charge in [-0.1, -0.05) is 29.8 Å². The monoisotopic (exact) mass is 529 g/mol. The summed E-state index contributed by atoms with van der Waals surface area (Å²) in [5.41, 5.74) is 2.70. The first-order valence-corrected chi connectivity index (χ1v) is 12.1. The predicted octanol–water partition coefficient (Wildman–Crippen LogP) is 4.22. The molecule has 0 radical (unpaired) electrons. The normalized spacial score (nSPS) is 21.3. The highest BCUT2D eigenvalue weighted by Gasteiger charge is 2.48. The van der Waals surface area contributed by atoms with Crippen LogP contribution in [0.3, 0.4) is 0 Å². The van der Waals surface area contributed by atoms with Gasteiger partial charge in [-0.05, 0) is 41.8 Å². The molecule has 0 saturated carbocycles. The first kappa shape index (κ1) is 26.5. The molecular formula is C27H28ClNO8. The van der Waals surface area contributed by atoms with Crippen molar-refractivity contribution in [1.29, 1.82) is 0 Å². The number of fused-ring (bicyclic) bond motifs is 1. The molecule has 4 atom stereocenters. The molecule has 1 fully saturated rings. The van der Waals surface area contributed by atoms with Crippen LogP contribution in [0.4, 0.5) is 0 Å². The van der Waals surface area contributed by atoms with E-state index in [-0.39, 0.29) is 6.61 Å². The molecule has 0 amide bonds. The molecule has 1 aromatic heterocycles. The van der Waals surface area contributed by atoms with Gasteiger partial charge >= 0.3 is 17.9 Å². The van der Waals surface area contributed by atoms with Crippen molar-refractivity contribution < 1.29 is 38.1 Å². The first-order chi connectivity index (χ1) is 17.7. The number of halogens is 1. The zero-order valence-corrected chi connectivity index (χ0v) is 21.7. The fraction of sp³-hybridized carbons (Fsp3) is 0.370. The second kappa shape index (κ2) is 11.2. The van der Waals surface area contributed by atoms with E-state index in [0.717, 1.165) is 27.8 Å². The van der Waals surface area contributed by atoms with Crippen molar-refractivity contribution in [2.75, 3.05) is 13.7 Å². The summed E-state index contributed by atoms with van der Waals surface area (Å²) in [6, 6.07) is 13.2. The lowest BCUT2D eigenvalue weighted by Crippen LogP contribution is -2.55. The molecule has 1 aliphatic rings. The topological polar surface area (TPSA) is 102 Å². The highest BCUT2D eigenvalue weighted by atomic mass is 35.5. The van der Waals surface area contributed by atoms with Crippen LogP contribution in [0.1, 0.15) is 38.1 Å². The van der Waals surface area contributed by atoms with Gasteiger partial charge in [0.25, 0.3) is 0 Å². The Balaban J connectivity index is 1.78. The minimum absolute atomic E-state index is 0.0754. The molecule has 0 N–H and O–H groups in total. The Morgan fingerprint density at radius 2 is 1.59 bits per heavy atom. The van der Waals surface area contributed by atoms with Gasteiger partial charge in [0.2, 0.25) is 0 Å². The van der Waals surface area contributed by atoms with Gasteiger partial charge in [-0.15, -0.1) is 0 Å². The molecule has 4 rings (SSSR count). The molecule has 3 aromatic rings. The molecule has 2 heterocycles. The Kier molecular flexibility index (Phi) is 8.04. The SMILES string of the molecule is COc1ccc(Cc2cn([C@@H]3OC[C@@H](OC(C)=O)[C@H](OC(C)=O)[C@H]3OC(C)=O)c3cccc(Cl)c23)cc1. The smallest absolute Gasteiger partial charge is 0.303 e. The average molecular weight is 530 g/mol. The Labute approximate surface area is 219 Å². The van der Waals surface area contributed by atoms with Crippen LogP contribution in [0, 0.1) is 0 Å². The molecule has 196 valence electrons. The van der Waals surface area contributed by atoms with E-state index in [4.69, 9.17) is 35.3 Å². The average Bonchev–Trinajstić information content (AvgIpc) is 3.20. The predicted molar refractivity (Wildman–Crippen MR) is 134 cm³/mol. The molecule has 10 heteroatoms. The van der Waals surface area contributed by atoms with Gasteiger partial charge in [-0.25, -0.2) is 0 Å². The summed E-state index contributed by atoms with van der Waals surface area (Å²) >= 11 is 6.64. The van der Waals surface area contributed by atoms with Crippen molar-refractivity contribution in [2.24, 2.45) is 0 Å². The standard InChI is InChI=1S/C27H28ClNO8/c1-15(30)35-23-14-34-27(26(37-17(3)32)25(23)36-16(2)31)29-13-19(24-21(28)6-5-7-22(24)29)12-18-8-10-20(33-4)11-9-18/h5-11,13,23,25-27H,12,14H2,1-4H3/t23-,25+,26-,27-/m1/s1. The molecule has 0 spiro atoms. The number of hydrogen-bond acceptors (Lipinski definition) is 8. The number of carbonyl (C=O) groups is 3. The van der Waals surface area contributed by atoms with Gasteiger partial charge in [-0.3, -0.25) is 14.4 Å². The molecule has 1 saturated heterocycles. The molecule has 37 heavy (non-hydrogen) atoms. The van der Waals surface area contributed by atoms with Gasteiger partial charge in [-0.2, -0.15) is 0 Å². The number of nitrogens with zero attached hydrogens (tertiary/aromatic N) is 1. The Morgan fingerprint density at radius 3 is 2.22 bits per heavy atom. The van der Waals surface area contributed by atoms with Crippen molar-refractivity contribution in [3.63, 3.8) is 0 Å². The lowest BCUT2D eigenvalue weighted by molar-refractivity contribution is -0.239. The molecule has 2 aromatic carbocycles. The highest BCUT2D eigenvalue weighted by Crippen LogP contribution is 2.37. The summed E-state index contributed by atoms with van der Waals surface area (Å²) in [5.74, 6) is -1.04. The van der Waals surface area contributed by atoms with Crippen molar-refractivity contribution in [3.8, 4) is 5.75 Å². The number of rotatable bonds is 7. The van der Waals surface area contributed by atoms with E-state index in [0.29, 0.717) is 11.4 Å². The van der Waals surface area contributed by atoms with Crippen LogP contribution in [0.5, 0.6) is 5.75 Å². The third-order valence-electron chi connectivity index (χ3n) is 6.04. The zero-order valence-electron chi connectivity index (χ0n) is 20.9. The summed E-state index contributed by atoms with van der Waals surface area (Å²) in [6.07, 6.45) is -1.56. The third-order valence-corrected chi connectivity index (χ3v) is 6.35. The number of methoxy groups -OCH3 is 1. The van der Waals surface area contributed by atoms with Gasteiger partial charge in [0.15, 0.2) is 24.5 Å². The van der Waals surface area contributed by atoms with Gasteiger partial charge in [0, 0.05) is 32.4 Å². The van der Waals surface area contributed by atoms with Crippen LogP contribution in [0.2, 0.25) is 5.02 Å². The van der Waals surface area contributed by atoms with Crippen LogP contribution < -0.4 is 4.74 Å². The zero-order chi connectivity index (χ0) is 26.7. The van der Waals surface area contributed by atoms with Crippen molar-refractivity contribution >= 4 is 40.4 Å². The van der Waals surface area contributed by atoms with E-state index in [1.165, 1.54) is 20.8 Å². The van der Waals surface area contributed by atoms with Gasteiger partial charge in [0.1, 0.15) is 5.75 Å². The quantitative estimate of drug-likeness (QED) is 0.331. The lowest BCUT2D eigenvalue weighted by atomic mass is 10.0. The van der Waals surface area contributed by atoms with E-state index in [1.807, 2.05) is 47.2 Å². The molecule has 9 nitrogen and oxygen atoms in total. The highest BCUT2D eigenvalue weighted by molar-refractivity contribution is 6.35. The third kappa shape index (κ3) is 5.89. The second-order valence-corrected chi connectivity index (χ2v) is 9.15. The molecule has 0 bridgehead atoms. The summed E-state index contributed by atoms with van der Waals surface area (Å²) < 4.78 is 29.6. The molecule has 0 aliphatic carbocycles. The van der Waals surface area contributed by atoms with Crippen LogP contribution in [0.15, 0.2) is 48.7 Å². The van der Waals surface area contributed by atoms with Crippen LogP contribution in [-0.2, 0) is 39.8 Å². The number of aromatic nitrogens is 1. The van der Waals surface area contributed by atoms with Crippen LogP contribution >= 0.6 is 11.6 Å². The summed E-state index contributed by atoms with van der Waals surface area (Å²) in [6.45, 7) is 3.65. The Bertz CT molecular complexity index is 1300. The van der Waals surface area contributed by atoms with E-state index in [2.05, 4.69) is 0 Å². The second-order valence-electron chi connectivity index (χ2n) is 8.74. The molecular weight excluding hydrogens is 502 g/mol. The van der Waals surface area contributed by atoms with E-state index in [1.54, 1.807) is 13.2 Å². The van der Waals surface area contributed by atoms with E-state index >= 15 is 0 Å². The maximum absolute atomic E-state index is 12.1. The molecule has 1 aliphatic heterocycles. The fourth-order valence-electron chi connectivity index (χ4n) is 4.62. The Hall–Kier alpha value is -3.56. The van der Waals surface area contributed by atoms with E-state index in [9.17, 15) is 14.4 Å². The minimum atomic E-state index is -1.09. The van der Waals surface area contributed by atoms with Crippen LogP contribution in [-0.4, -0.2) is 54.5 Å². The number of carbonyl (C=O) groups excluding carboxylic acids is 3. The number of benzene rings is 2. The summed E-state index contributed by atoms with van der Waals surface area (Å²) in [7, 11) is 1.61. The maximum Gasteiger partial charge on any atom is 0.303 e. The largest absolute Gasteiger partial charge is 0.497 e. The van der Waals surface area contributed by atoms with Crippen molar-refractivity contribution in [2.45, 2.75) is 51.7 Å². The molecule has 0 unspecified atom stereocenters. The number of ether oxygens (including phenoxy) is 5. The lowest BCUT2D eigenvalue weighted by Gasteiger charge is -2.41. The van der Waals surface area contributed by atoms with Crippen molar-refractivity contribution in [1.82, 2.24) is 4.57 Å². The maximum atomic E-state index is 12.1. The van der Waals surface area contributed by atoms with Crippen LogP contribution in [0.25, 0.3) is 10.9 Å². The number of esters is 3.